The number of ether oxygens (including phenoxy) is 1. The number of nitrogens with one attached hydrogen (secondary N) is 1. The Labute approximate surface area is 218 Å². The van der Waals surface area contributed by atoms with E-state index in [4.69, 9.17) is 16.1 Å². The second kappa shape index (κ2) is 13.0. The molecule has 0 radical (unpaired) electrons. The molecule has 0 saturated carbocycles. The summed E-state index contributed by atoms with van der Waals surface area (Å²) in [6, 6.07) is 13.0. The van der Waals surface area contributed by atoms with Crippen molar-refractivity contribution in [3.63, 3.8) is 0 Å². The first kappa shape index (κ1) is 27.9. The van der Waals surface area contributed by atoms with Gasteiger partial charge in [-0.3, -0.25) is 9.59 Å². The molecule has 0 aliphatic rings. The summed E-state index contributed by atoms with van der Waals surface area (Å²) < 4.78 is 24.0. The summed E-state index contributed by atoms with van der Waals surface area (Å²) in [5.74, 6) is -3.02. The predicted molar refractivity (Wildman–Crippen MR) is 135 cm³/mol. The maximum Gasteiger partial charge on any atom is 0.406 e. The van der Waals surface area contributed by atoms with E-state index >= 15 is 0 Å². The van der Waals surface area contributed by atoms with Crippen LogP contribution in [0.2, 0.25) is 5.02 Å². The molecule has 8 nitrogen and oxygen atoms in total. The highest BCUT2D eigenvalue weighted by atomic mass is 35.5. The normalized spacial score (nSPS) is 12.5. The smallest absolute Gasteiger partial charge is 0.406 e. The van der Waals surface area contributed by atoms with Crippen molar-refractivity contribution in [3.05, 3.63) is 76.4 Å². The van der Waals surface area contributed by atoms with Crippen LogP contribution in [0.25, 0.3) is 11.1 Å². The molecule has 1 aromatic heterocycles. The zero-order chi connectivity index (χ0) is 26.9. The molecule has 3 aromatic rings. The van der Waals surface area contributed by atoms with Gasteiger partial charge >= 0.3 is 12.1 Å². The summed E-state index contributed by atoms with van der Waals surface area (Å²) in [4.78, 5) is 36.3. The van der Waals surface area contributed by atoms with E-state index in [2.05, 4.69) is 15.2 Å². The maximum atomic E-state index is 14.3. The van der Waals surface area contributed by atoms with Crippen molar-refractivity contribution in [1.29, 1.82) is 0 Å². The predicted octanol–water partition coefficient (Wildman–Crippen LogP) is 5.58. The zero-order valence-corrected chi connectivity index (χ0v) is 21.3. The molecule has 37 heavy (non-hydrogen) atoms. The number of methoxy groups -OCH3 is 1. The van der Waals surface area contributed by atoms with Crippen molar-refractivity contribution in [2.45, 2.75) is 32.6 Å². The van der Waals surface area contributed by atoms with E-state index < -0.39 is 29.7 Å². The standard InChI is InChI=1S/C27H28ClFN2O6/c1-3-21-14-25(37-31-21)24(32)12-17(11-19(26(33)34)15-30-27(35)36-2)10-16-4-6-18(7-5-16)22-13-20(28)8-9-23(22)29/h4-9,13-14,17,19H,3,10-12,15H2,1-2H3,(H,30,35)(H,33,34)/t17-,19+/m1/s1. The number of rotatable bonds is 12. The second-order valence-electron chi connectivity index (χ2n) is 8.70. The summed E-state index contributed by atoms with van der Waals surface area (Å²) in [7, 11) is 1.19. The number of nitrogens with zero attached hydrogens (tertiary/aromatic N) is 1. The number of amides is 1. The van der Waals surface area contributed by atoms with E-state index in [1.807, 2.05) is 6.92 Å². The number of hydrogen-bond donors (Lipinski definition) is 2. The molecule has 0 fully saturated rings. The first-order valence-corrected chi connectivity index (χ1v) is 12.2. The Kier molecular flexibility index (Phi) is 9.79. The number of hydrogen-bond acceptors (Lipinski definition) is 6. The zero-order valence-electron chi connectivity index (χ0n) is 20.5. The highest BCUT2D eigenvalue weighted by Crippen LogP contribution is 2.28. The fourth-order valence-corrected chi connectivity index (χ4v) is 4.21. The van der Waals surface area contributed by atoms with Gasteiger partial charge in [-0.2, -0.15) is 0 Å². The number of benzene rings is 2. The Bertz CT molecular complexity index is 1240. The van der Waals surface area contributed by atoms with Gasteiger partial charge in [-0.1, -0.05) is 47.9 Å². The lowest BCUT2D eigenvalue weighted by Crippen LogP contribution is -2.34. The molecular formula is C27H28ClFN2O6. The van der Waals surface area contributed by atoms with Gasteiger partial charge in [0.05, 0.1) is 18.7 Å². The van der Waals surface area contributed by atoms with Crippen LogP contribution in [0.15, 0.2) is 53.1 Å². The summed E-state index contributed by atoms with van der Waals surface area (Å²) in [5, 5.41) is 16.4. The van der Waals surface area contributed by atoms with Crippen LogP contribution in [0, 0.1) is 17.7 Å². The minimum atomic E-state index is -1.10. The summed E-state index contributed by atoms with van der Waals surface area (Å²) >= 11 is 6.01. The Balaban J connectivity index is 1.80. The SMILES string of the molecule is CCc1cc(C(=O)C[C@H](Cc2ccc(-c3cc(Cl)ccc3F)cc2)C[C@@H](CNC(=O)OC)C(=O)O)on1. The Morgan fingerprint density at radius 3 is 2.51 bits per heavy atom. The summed E-state index contributed by atoms with van der Waals surface area (Å²) in [5.41, 5.74) is 2.48. The highest BCUT2D eigenvalue weighted by Gasteiger charge is 2.27. The Morgan fingerprint density at radius 1 is 1.16 bits per heavy atom. The van der Waals surface area contributed by atoms with Gasteiger partial charge in [-0.25, -0.2) is 9.18 Å². The third-order valence-electron chi connectivity index (χ3n) is 6.03. The van der Waals surface area contributed by atoms with Gasteiger partial charge in [0.25, 0.3) is 0 Å². The molecule has 196 valence electrons. The number of carboxylic acids is 1. The minimum absolute atomic E-state index is 0.0189. The molecule has 0 unspecified atom stereocenters. The second-order valence-corrected chi connectivity index (χ2v) is 9.13. The lowest BCUT2D eigenvalue weighted by Gasteiger charge is -2.21. The van der Waals surface area contributed by atoms with Crippen LogP contribution >= 0.6 is 11.6 Å². The fraction of sp³-hybridized carbons (Fsp3) is 0.333. The van der Waals surface area contributed by atoms with Gasteiger partial charge in [0.15, 0.2) is 0 Å². The van der Waals surface area contributed by atoms with Gasteiger partial charge in [-0.15, -0.1) is 0 Å². The maximum absolute atomic E-state index is 14.3. The number of alkyl carbamates (subject to hydrolysis) is 1. The molecular weight excluding hydrogens is 503 g/mol. The molecule has 0 aliphatic carbocycles. The third kappa shape index (κ3) is 7.88. The van der Waals surface area contributed by atoms with Crippen molar-refractivity contribution < 1.29 is 33.1 Å². The number of carboxylic acid groups (broad SMARTS) is 1. The summed E-state index contributed by atoms with van der Waals surface area (Å²) in [6.07, 6.45) is 0.382. The molecule has 1 amide bonds. The average molecular weight is 531 g/mol. The molecule has 1 heterocycles. The van der Waals surface area contributed by atoms with Gasteiger partial charge in [0.1, 0.15) is 5.82 Å². The third-order valence-corrected chi connectivity index (χ3v) is 6.27. The number of ketones is 1. The first-order chi connectivity index (χ1) is 17.7. The molecule has 0 saturated heterocycles. The Morgan fingerprint density at radius 2 is 1.89 bits per heavy atom. The van der Waals surface area contributed by atoms with Crippen LogP contribution in [0.3, 0.4) is 0 Å². The van der Waals surface area contributed by atoms with Gasteiger partial charge in [0, 0.05) is 29.6 Å². The molecule has 2 atom stereocenters. The van der Waals surface area contributed by atoms with Gasteiger partial charge in [-0.05, 0) is 54.5 Å². The Hall–Kier alpha value is -3.72. The van der Waals surface area contributed by atoms with E-state index in [0.717, 1.165) is 5.56 Å². The van der Waals surface area contributed by atoms with E-state index in [0.29, 0.717) is 34.7 Å². The molecule has 3 rings (SSSR count). The lowest BCUT2D eigenvalue weighted by atomic mass is 9.85. The number of Topliss-reactive ketones (excluding diaryl/α,β-unsaturated/α-hetero) is 1. The van der Waals surface area contributed by atoms with Gasteiger partial charge in [0.2, 0.25) is 11.5 Å². The molecule has 0 aliphatic heterocycles. The van der Waals surface area contributed by atoms with Crippen LogP contribution < -0.4 is 5.32 Å². The quantitative estimate of drug-likeness (QED) is 0.293. The van der Waals surface area contributed by atoms with Crippen molar-refractivity contribution in [2.24, 2.45) is 11.8 Å². The molecule has 10 heteroatoms. The van der Waals surface area contributed by atoms with Crippen molar-refractivity contribution >= 4 is 29.4 Å². The van der Waals surface area contributed by atoms with Crippen molar-refractivity contribution in [2.75, 3.05) is 13.7 Å². The topological polar surface area (TPSA) is 119 Å². The number of carbonyl (C=O) groups excluding carboxylic acids is 2. The fourth-order valence-electron chi connectivity index (χ4n) is 4.04. The molecule has 2 N–H and O–H groups in total. The van der Waals surface area contributed by atoms with Crippen molar-refractivity contribution in [1.82, 2.24) is 10.5 Å². The first-order valence-electron chi connectivity index (χ1n) is 11.8. The van der Waals surface area contributed by atoms with Crippen LogP contribution in [0.4, 0.5) is 9.18 Å². The van der Waals surface area contributed by atoms with Crippen LogP contribution in [0.5, 0.6) is 0 Å². The highest BCUT2D eigenvalue weighted by molar-refractivity contribution is 6.30. The summed E-state index contributed by atoms with van der Waals surface area (Å²) in [6.45, 7) is 1.74. The largest absolute Gasteiger partial charge is 0.481 e. The monoisotopic (exact) mass is 530 g/mol. The molecule has 0 spiro atoms. The number of carbonyl (C=O) groups is 3. The minimum Gasteiger partial charge on any atom is -0.481 e. The number of aliphatic carboxylic acids is 1. The van der Waals surface area contributed by atoms with Crippen LogP contribution in [-0.4, -0.2) is 41.8 Å². The van der Waals surface area contributed by atoms with E-state index in [-0.39, 0.29) is 30.9 Å². The number of aromatic nitrogens is 1. The molecule has 0 bridgehead atoms. The molecule has 2 aromatic carbocycles. The van der Waals surface area contributed by atoms with Crippen molar-refractivity contribution in [3.8, 4) is 11.1 Å². The van der Waals surface area contributed by atoms with Gasteiger partial charge < -0.3 is 19.7 Å². The average Bonchev–Trinajstić information content (AvgIpc) is 3.37. The van der Waals surface area contributed by atoms with E-state index in [1.165, 1.54) is 19.2 Å². The number of halogens is 2. The number of aryl methyl sites for hydroxylation is 1. The van der Waals surface area contributed by atoms with E-state index in [9.17, 15) is 23.9 Å². The van der Waals surface area contributed by atoms with Crippen LogP contribution in [0.1, 0.15) is 41.6 Å². The van der Waals surface area contributed by atoms with E-state index in [1.54, 1.807) is 36.4 Å². The van der Waals surface area contributed by atoms with Crippen LogP contribution in [-0.2, 0) is 22.4 Å². The lowest BCUT2D eigenvalue weighted by molar-refractivity contribution is -0.142.